The maximum Gasteiger partial charge on any atom is 0.319 e. The Morgan fingerprint density at radius 1 is 1.12 bits per heavy atom. The minimum Gasteiger partial charge on any atom is -0.370 e. The summed E-state index contributed by atoms with van der Waals surface area (Å²) in [5.74, 6) is 0.316. The van der Waals surface area contributed by atoms with Crippen molar-refractivity contribution in [3.05, 3.63) is 66.1 Å². The van der Waals surface area contributed by atoms with Gasteiger partial charge in [-0.2, -0.15) is 4.98 Å². The van der Waals surface area contributed by atoms with Crippen molar-refractivity contribution in [2.45, 2.75) is 17.9 Å². The smallest absolute Gasteiger partial charge is 0.319 e. The molecule has 10 nitrogen and oxygen atoms in total. The van der Waals surface area contributed by atoms with Crippen molar-refractivity contribution in [3.63, 3.8) is 0 Å². The number of nitrogens with zero attached hydrogens (tertiary/aromatic N) is 2. The molecule has 0 saturated heterocycles. The summed E-state index contributed by atoms with van der Waals surface area (Å²) < 4.78 is 40.8. The van der Waals surface area contributed by atoms with Crippen molar-refractivity contribution >= 4 is 39.2 Å². The lowest BCUT2D eigenvalue weighted by molar-refractivity contribution is 0.251. The number of urea groups is 1. The maximum atomic E-state index is 13.3. The van der Waals surface area contributed by atoms with Crippen molar-refractivity contribution in [1.29, 1.82) is 0 Å². The van der Waals surface area contributed by atoms with E-state index in [2.05, 4.69) is 36.0 Å². The molecule has 0 unspecified atom stereocenters. The summed E-state index contributed by atoms with van der Waals surface area (Å²) in [5, 5.41) is 11.4. The lowest BCUT2D eigenvalue weighted by Crippen LogP contribution is -2.29. The summed E-state index contributed by atoms with van der Waals surface area (Å²) in [6, 6.07) is 11.4. The van der Waals surface area contributed by atoms with Crippen molar-refractivity contribution in [3.8, 4) is 0 Å². The number of benzene rings is 2. The van der Waals surface area contributed by atoms with Gasteiger partial charge in [0, 0.05) is 42.8 Å². The number of carbonyl (C=O) groups is 1. The van der Waals surface area contributed by atoms with Crippen LogP contribution >= 0.6 is 0 Å². The highest BCUT2D eigenvalue weighted by molar-refractivity contribution is 7.89. The average molecular weight is 472 g/mol. The molecule has 0 spiro atoms. The first-order valence-electron chi connectivity index (χ1n) is 10.2. The lowest BCUT2D eigenvalue weighted by Gasteiger charge is -2.14. The fraction of sp³-hybridized carbons (Fsp3) is 0.190. The molecule has 0 radical (unpaired) electrons. The lowest BCUT2D eigenvalue weighted by atomic mass is 10.3. The fourth-order valence-electron chi connectivity index (χ4n) is 3.12. The van der Waals surface area contributed by atoms with Crippen molar-refractivity contribution in [2.24, 2.45) is 0 Å². The van der Waals surface area contributed by atoms with Crippen LogP contribution in [0.15, 0.2) is 59.6 Å². The zero-order valence-corrected chi connectivity index (χ0v) is 18.2. The number of fused-ring (bicyclic) bond motifs is 4. The number of aromatic nitrogens is 2. The van der Waals surface area contributed by atoms with Crippen LogP contribution in [0.2, 0.25) is 0 Å². The van der Waals surface area contributed by atoms with E-state index in [1.54, 1.807) is 24.4 Å². The molecule has 2 amide bonds. The zero-order valence-electron chi connectivity index (χ0n) is 17.4. The number of halogens is 1. The Morgan fingerprint density at radius 2 is 1.97 bits per heavy atom. The van der Waals surface area contributed by atoms with Crippen LogP contribution < -0.4 is 26.0 Å². The number of sulfonamides is 1. The van der Waals surface area contributed by atoms with E-state index in [-0.39, 0.29) is 23.9 Å². The maximum absolute atomic E-state index is 13.3. The van der Waals surface area contributed by atoms with Crippen LogP contribution in [0, 0.1) is 5.82 Å². The van der Waals surface area contributed by atoms with Gasteiger partial charge < -0.3 is 21.3 Å². The van der Waals surface area contributed by atoms with E-state index in [4.69, 9.17) is 0 Å². The second-order valence-corrected chi connectivity index (χ2v) is 8.98. The van der Waals surface area contributed by atoms with E-state index in [0.29, 0.717) is 35.7 Å². The fourth-order valence-corrected chi connectivity index (χ4v) is 4.24. The predicted molar refractivity (Wildman–Crippen MR) is 122 cm³/mol. The van der Waals surface area contributed by atoms with Crippen LogP contribution in [0.25, 0.3) is 0 Å². The molecule has 0 saturated carbocycles. The first-order valence-corrected chi connectivity index (χ1v) is 11.6. The van der Waals surface area contributed by atoms with Gasteiger partial charge in [-0.05, 0) is 42.8 Å². The van der Waals surface area contributed by atoms with Gasteiger partial charge in [-0.3, -0.25) is 0 Å². The molecule has 12 heteroatoms. The molecular formula is C21H22FN7O3S. The second-order valence-electron chi connectivity index (χ2n) is 7.22. The first-order chi connectivity index (χ1) is 15.9. The van der Waals surface area contributed by atoms with Gasteiger partial charge in [-0.1, -0.05) is 12.1 Å². The Labute approximate surface area is 190 Å². The Hall–Kier alpha value is -3.77. The number of amides is 2. The van der Waals surface area contributed by atoms with Gasteiger partial charge in [-0.15, -0.1) is 0 Å². The van der Waals surface area contributed by atoms with Crippen LogP contribution in [-0.4, -0.2) is 37.5 Å². The summed E-state index contributed by atoms with van der Waals surface area (Å²) >= 11 is 0. The largest absolute Gasteiger partial charge is 0.370 e. The summed E-state index contributed by atoms with van der Waals surface area (Å²) in [6.07, 6.45) is 2.08. The van der Waals surface area contributed by atoms with Crippen LogP contribution in [0.5, 0.6) is 0 Å². The van der Waals surface area contributed by atoms with Crippen LogP contribution in [-0.2, 0) is 16.6 Å². The normalized spacial score (nSPS) is 14.9. The molecule has 1 aliphatic heterocycles. The van der Waals surface area contributed by atoms with Gasteiger partial charge in [0.2, 0.25) is 16.0 Å². The Morgan fingerprint density at radius 3 is 2.82 bits per heavy atom. The SMILES string of the molecule is O=C(NCc1cnc2nc1NCCCNS(=O)(=O)c1cccc(c1)N2)Nc1cccc(F)c1. The Bertz CT molecular complexity index is 1270. The van der Waals surface area contributed by atoms with Crippen molar-refractivity contribution in [1.82, 2.24) is 20.0 Å². The molecule has 1 aromatic heterocycles. The van der Waals surface area contributed by atoms with Crippen LogP contribution in [0.3, 0.4) is 0 Å². The Balaban J connectivity index is 1.50. The van der Waals surface area contributed by atoms with Crippen LogP contribution in [0.4, 0.5) is 32.3 Å². The number of hydrogen-bond donors (Lipinski definition) is 5. The second kappa shape index (κ2) is 9.79. The number of carbonyl (C=O) groups excluding carboxylic acids is 1. The summed E-state index contributed by atoms with van der Waals surface area (Å²) in [4.78, 5) is 21.1. The topological polar surface area (TPSA) is 137 Å². The molecule has 1 aliphatic rings. The minimum atomic E-state index is -3.63. The van der Waals surface area contributed by atoms with Crippen molar-refractivity contribution in [2.75, 3.05) is 29.0 Å². The predicted octanol–water partition coefficient (Wildman–Crippen LogP) is 2.77. The molecule has 0 aliphatic carbocycles. The molecule has 2 aromatic carbocycles. The number of rotatable bonds is 3. The molecule has 33 heavy (non-hydrogen) atoms. The summed E-state index contributed by atoms with van der Waals surface area (Å²) in [5.41, 5.74) is 1.47. The van der Waals surface area contributed by atoms with E-state index in [0.717, 1.165) is 0 Å². The highest BCUT2D eigenvalue weighted by atomic mass is 32.2. The average Bonchev–Trinajstić information content (AvgIpc) is 2.78. The van der Waals surface area contributed by atoms with Gasteiger partial charge in [0.1, 0.15) is 11.6 Å². The molecule has 172 valence electrons. The van der Waals surface area contributed by atoms with E-state index >= 15 is 0 Å². The summed E-state index contributed by atoms with van der Waals surface area (Å²) in [6.45, 7) is 0.805. The molecular weight excluding hydrogens is 449 g/mol. The highest BCUT2D eigenvalue weighted by Gasteiger charge is 2.16. The van der Waals surface area contributed by atoms with Gasteiger partial charge in [0.05, 0.1) is 4.90 Å². The van der Waals surface area contributed by atoms with E-state index in [1.807, 2.05) is 0 Å². The zero-order chi connectivity index (χ0) is 23.3. The Kier molecular flexibility index (Phi) is 6.66. The van der Waals surface area contributed by atoms with Crippen molar-refractivity contribution < 1.29 is 17.6 Å². The third-order valence-electron chi connectivity index (χ3n) is 4.72. The molecule has 4 bridgehead atoms. The standard InChI is InChI=1S/C21H22FN7O3S/c22-15-4-1-5-16(10-15)28-21(30)25-13-14-12-24-20-27-17-6-2-7-18(11-17)33(31,32)26-9-3-8-23-19(14)29-20/h1-2,4-7,10-12,26H,3,8-9,13H2,(H2,25,28,30)(H2,23,24,27,29). The number of anilines is 4. The molecule has 3 aromatic rings. The number of hydrogen-bond acceptors (Lipinski definition) is 7. The highest BCUT2D eigenvalue weighted by Crippen LogP contribution is 2.21. The third kappa shape index (κ3) is 5.93. The van der Waals surface area contributed by atoms with Crippen LogP contribution in [0.1, 0.15) is 12.0 Å². The monoisotopic (exact) mass is 471 g/mol. The molecule has 4 rings (SSSR count). The third-order valence-corrected chi connectivity index (χ3v) is 6.18. The molecule has 2 heterocycles. The minimum absolute atomic E-state index is 0.117. The molecule has 0 fully saturated rings. The van der Waals surface area contributed by atoms with E-state index in [9.17, 15) is 17.6 Å². The quantitative estimate of drug-likeness (QED) is 0.396. The molecule has 0 atom stereocenters. The first kappa shape index (κ1) is 22.4. The molecule has 5 N–H and O–H groups in total. The van der Waals surface area contributed by atoms with Gasteiger partial charge >= 0.3 is 6.03 Å². The van der Waals surface area contributed by atoms with E-state index in [1.165, 1.54) is 30.3 Å². The van der Waals surface area contributed by atoms with Gasteiger partial charge in [-0.25, -0.2) is 27.3 Å². The number of nitrogens with one attached hydrogen (secondary N) is 5. The van der Waals surface area contributed by atoms with Gasteiger partial charge in [0.25, 0.3) is 0 Å². The summed E-state index contributed by atoms with van der Waals surface area (Å²) in [7, 11) is -3.63. The van der Waals surface area contributed by atoms with E-state index < -0.39 is 21.9 Å². The van der Waals surface area contributed by atoms with Gasteiger partial charge in [0.15, 0.2) is 0 Å².